The second-order valence-corrected chi connectivity index (χ2v) is 7.09. The first-order chi connectivity index (χ1) is 12.8. The van der Waals surface area contributed by atoms with E-state index in [0.717, 1.165) is 24.7 Å². The van der Waals surface area contributed by atoms with Crippen molar-refractivity contribution in [1.82, 2.24) is 20.4 Å². The summed E-state index contributed by atoms with van der Waals surface area (Å²) in [5, 5.41) is 13.1. The van der Waals surface area contributed by atoms with Crippen LogP contribution in [0, 0.1) is 0 Å². The van der Waals surface area contributed by atoms with E-state index in [-0.39, 0.29) is 24.0 Å². The molecule has 0 amide bonds. The molecule has 7 heteroatoms. The molecule has 5 nitrogen and oxygen atoms in total. The van der Waals surface area contributed by atoms with Gasteiger partial charge in [-0.05, 0) is 42.1 Å². The average molecular weight is 495 g/mol. The summed E-state index contributed by atoms with van der Waals surface area (Å²) < 4.78 is 1.85. The van der Waals surface area contributed by atoms with Crippen LogP contribution in [0.15, 0.2) is 65.2 Å². The molecule has 144 valence electrons. The number of aromatic nitrogens is 2. The topological polar surface area (TPSA) is 54.2 Å². The van der Waals surface area contributed by atoms with Crippen molar-refractivity contribution in [3.63, 3.8) is 0 Å². The van der Waals surface area contributed by atoms with Crippen LogP contribution in [0.25, 0.3) is 5.69 Å². The van der Waals surface area contributed by atoms with E-state index < -0.39 is 0 Å². The Morgan fingerprint density at radius 3 is 2.63 bits per heavy atom. The van der Waals surface area contributed by atoms with Crippen LogP contribution < -0.4 is 10.6 Å². The SMILES string of the molecule is CCNC(=NCc1ccc(-n2cccn2)cc1)NCC(C)c1cccs1.I. The molecule has 3 aromatic rings. The van der Waals surface area contributed by atoms with Crippen LogP contribution in [0.4, 0.5) is 0 Å². The number of hydrogen-bond acceptors (Lipinski definition) is 3. The third-order valence-corrected chi connectivity index (χ3v) is 5.18. The van der Waals surface area contributed by atoms with Crippen LogP contribution in [-0.4, -0.2) is 28.8 Å². The molecule has 1 aromatic carbocycles. The molecule has 2 heterocycles. The molecule has 0 aliphatic heterocycles. The molecule has 0 radical (unpaired) electrons. The van der Waals surface area contributed by atoms with Crippen molar-refractivity contribution in [3.05, 3.63) is 70.7 Å². The lowest BCUT2D eigenvalue weighted by Gasteiger charge is -2.15. The van der Waals surface area contributed by atoms with Gasteiger partial charge in [-0.3, -0.25) is 0 Å². The Bertz CT molecular complexity index is 798. The van der Waals surface area contributed by atoms with E-state index in [1.54, 1.807) is 17.5 Å². The summed E-state index contributed by atoms with van der Waals surface area (Å²) in [6.45, 7) is 6.67. The predicted molar refractivity (Wildman–Crippen MR) is 125 cm³/mol. The second-order valence-electron chi connectivity index (χ2n) is 6.11. The van der Waals surface area contributed by atoms with E-state index in [1.165, 1.54) is 10.4 Å². The number of benzene rings is 1. The normalized spacial score (nSPS) is 12.3. The molecule has 0 aliphatic carbocycles. The number of nitrogens with one attached hydrogen (secondary N) is 2. The van der Waals surface area contributed by atoms with E-state index in [4.69, 9.17) is 4.99 Å². The van der Waals surface area contributed by atoms with Crippen LogP contribution in [0.1, 0.15) is 30.2 Å². The van der Waals surface area contributed by atoms with Crippen molar-refractivity contribution in [2.45, 2.75) is 26.3 Å². The van der Waals surface area contributed by atoms with Gasteiger partial charge in [0.2, 0.25) is 0 Å². The van der Waals surface area contributed by atoms with Crippen LogP contribution in [0.5, 0.6) is 0 Å². The lowest BCUT2D eigenvalue weighted by Crippen LogP contribution is -2.39. The number of halogens is 1. The average Bonchev–Trinajstić information content (AvgIpc) is 3.38. The van der Waals surface area contributed by atoms with Gasteiger partial charge in [-0.2, -0.15) is 5.10 Å². The molecule has 0 aliphatic rings. The first-order valence-corrected chi connectivity index (χ1v) is 9.78. The van der Waals surface area contributed by atoms with Crippen LogP contribution >= 0.6 is 35.3 Å². The lowest BCUT2D eigenvalue weighted by molar-refractivity contribution is 0.709. The third kappa shape index (κ3) is 6.35. The molecule has 2 N–H and O–H groups in total. The third-order valence-electron chi connectivity index (χ3n) is 4.07. The zero-order valence-corrected chi connectivity index (χ0v) is 18.8. The Morgan fingerprint density at radius 2 is 2.00 bits per heavy atom. The van der Waals surface area contributed by atoms with Crippen molar-refractivity contribution in [2.75, 3.05) is 13.1 Å². The Kier molecular flexibility index (Phi) is 8.80. The summed E-state index contributed by atoms with van der Waals surface area (Å²) in [7, 11) is 0. The smallest absolute Gasteiger partial charge is 0.191 e. The van der Waals surface area contributed by atoms with Crippen molar-refractivity contribution in [2.24, 2.45) is 4.99 Å². The van der Waals surface area contributed by atoms with Gasteiger partial charge in [0.25, 0.3) is 0 Å². The molecule has 1 unspecified atom stereocenters. The molecule has 1 atom stereocenters. The Morgan fingerprint density at radius 1 is 1.19 bits per heavy atom. The molecular weight excluding hydrogens is 469 g/mol. The fraction of sp³-hybridized carbons (Fsp3) is 0.300. The van der Waals surface area contributed by atoms with Gasteiger partial charge in [0.15, 0.2) is 5.96 Å². The first-order valence-electron chi connectivity index (χ1n) is 8.91. The molecule has 3 rings (SSSR count). The van der Waals surface area contributed by atoms with Gasteiger partial charge in [-0.25, -0.2) is 9.67 Å². The number of aliphatic imine (C=N–C) groups is 1. The largest absolute Gasteiger partial charge is 0.357 e. The van der Waals surface area contributed by atoms with Gasteiger partial charge in [0, 0.05) is 36.3 Å². The first kappa shape index (κ1) is 21.4. The Labute approximate surface area is 181 Å². The maximum atomic E-state index is 4.70. The fourth-order valence-corrected chi connectivity index (χ4v) is 3.40. The standard InChI is InChI=1S/C20H25N5S.HI/c1-3-21-20(22-14-16(2)19-6-4-13-26-19)23-15-17-7-9-18(10-8-17)25-12-5-11-24-25;/h4-13,16H,3,14-15H2,1-2H3,(H2,21,22,23);1H. The second kappa shape index (κ2) is 11.1. The van der Waals surface area contributed by atoms with E-state index in [2.05, 4.69) is 71.4 Å². The van der Waals surface area contributed by atoms with Crippen LogP contribution in [-0.2, 0) is 6.54 Å². The quantitative estimate of drug-likeness (QED) is 0.290. The zero-order chi connectivity index (χ0) is 18.2. The van der Waals surface area contributed by atoms with Gasteiger partial charge in [0.1, 0.15) is 0 Å². The lowest BCUT2D eigenvalue weighted by atomic mass is 10.1. The highest BCUT2D eigenvalue weighted by Crippen LogP contribution is 2.19. The van der Waals surface area contributed by atoms with Crippen molar-refractivity contribution < 1.29 is 0 Å². The van der Waals surface area contributed by atoms with E-state index in [1.807, 2.05) is 16.9 Å². The van der Waals surface area contributed by atoms with Crippen molar-refractivity contribution in [3.8, 4) is 5.69 Å². The molecular formula is C20H26IN5S. The summed E-state index contributed by atoms with van der Waals surface area (Å²) in [5.74, 6) is 1.32. The van der Waals surface area contributed by atoms with Gasteiger partial charge in [0.05, 0.1) is 12.2 Å². The van der Waals surface area contributed by atoms with Crippen molar-refractivity contribution in [1.29, 1.82) is 0 Å². The molecule has 0 bridgehead atoms. The fourth-order valence-electron chi connectivity index (χ4n) is 2.61. The Balaban J connectivity index is 0.00000261. The number of thiophene rings is 1. The van der Waals surface area contributed by atoms with E-state index >= 15 is 0 Å². The summed E-state index contributed by atoms with van der Waals surface area (Å²) in [6.07, 6.45) is 3.72. The number of hydrogen-bond donors (Lipinski definition) is 2. The maximum Gasteiger partial charge on any atom is 0.191 e. The summed E-state index contributed by atoms with van der Waals surface area (Å²) >= 11 is 1.80. The van der Waals surface area contributed by atoms with Crippen molar-refractivity contribution >= 4 is 41.3 Å². The number of rotatable bonds is 7. The summed E-state index contributed by atoms with van der Waals surface area (Å²) in [6, 6.07) is 14.5. The van der Waals surface area contributed by atoms with E-state index in [0.29, 0.717) is 12.5 Å². The highest BCUT2D eigenvalue weighted by molar-refractivity contribution is 14.0. The molecule has 27 heavy (non-hydrogen) atoms. The zero-order valence-electron chi connectivity index (χ0n) is 15.6. The minimum Gasteiger partial charge on any atom is -0.357 e. The highest BCUT2D eigenvalue weighted by Gasteiger charge is 2.07. The monoisotopic (exact) mass is 495 g/mol. The van der Waals surface area contributed by atoms with Gasteiger partial charge >= 0.3 is 0 Å². The molecule has 0 saturated heterocycles. The molecule has 0 saturated carbocycles. The minimum atomic E-state index is 0. The predicted octanol–water partition coefficient (Wildman–Crippen LogP) is 4.41. The van der Waals surface area contributed by atoms with Gasteiger partial charge in [-0.1, -0.05) is 25.1 Å². The number of guanidine groups is 1. The minimum absolute atomic E-state index is 0. The van der Waals surface area contributed by atoms with Crippen LogP contribution in [0.2, 0.25) is 0 Å². The summed E-state index contributed by atoms with van der Waals surface area (Å²) in [4.78, 5) is 6.10. The number of nitrogens with zero attached hydrogens (tertiary/aromatic N) is 3. The van der Waals surface area contributed by atoms with Gasteiger partial charge < -0.3 is 10.6 Å². The highest BCUT2D eigenvalue weighted by atomic mass is 127. The van der Waals surface area contributed by atoms with Gasteiger partial charge in [-0.15, -0.1) is 35.3 Å². The molecule has 0 spiro atoms. The van der Waals surface area contributed by atoms with E-state index in [9.17, 15) is 0 Å². The maximum absolute atomic E-state index is 4.70. The summed E-state index contributed by atoms with van der Waals surface area (Å²) in [5.41, 5.74) is 2.22. The molecule has 0 fully saturated rings. The Hall–Kier alpha value is -1.87. The van der Waals surface area contributed by atoms with Crippen LogP contribution in [0.3, 0.4) is 0 Å². The molecule has 2 aromatic heterocycles.